The molecule has 0 atom stereocenters. The molecule has 2 rings (SSSR count). The second-order valence-electron chi connectivity index (χ2n) is 3.89. The first-order chi connectivity index (χ1) is 8.31. The molecule has 1 aromatic carbocycles. The van der Waals surface area contributed by atoms with E-state index >= 15 is 0 Å². The molecule has 0 bridgehead atoms. The molecular formula is C13H17N3O. The maximum Gasteiger partial charge on any atom is 0.0475 e. The first-order valence-electron chi connectivity index (χ1n) is 5.69. The van der Waals surface area contributed by atoms with E-state index in [9.17, 15) is 0 Å². The fourth-order valence-electron chi connectivity index (χ4n) is 1.71. The highest BCUT2D eigenvalue weighted by atomic mass is 16.3. The maximum atomic E-state index is 8.73. The highest BCUT2D eigenvalue weighted by Gasteiger charge is 2.04. The van der Waals surface area contributed by atoms with Gasteiger partial charge in [0.15, 0.2) is 0 Å². The molecule has 90 valence electrons. The van der Waals surface area contributed by atoms with Gasteiger partial charge in [0.2, 0.25) is 0 Å². The Bertz CT molecular complexity index is 466. The van der Waals surface area contributed by atoms with Gasteiger partial charge in [0, 0.05) is 42.0 Å². The Labute approximate surface area is 100 Å². The number of nitrogens with two attached hydrogens (primary N) is 1. The number of hydrogen-bond acceptors (Lipinski definition) is 3. The van der Waals surface area contributed by atoms with E-state index in [-0.39, 0.29) is 6.61 Å². The van der Waals surface area contributed by atoms with Crippen molar-refractivity contribution in [2.24, 2.45) is 0 Å². The molecule has 0 aliphatic carbocycles. The number of nitrogen functional groups attached to an aromatic ring is 1. The van der Waals surface area contributed by atoms with Gasteiger partial charge in [-0.05, 0) is 36.8 Å². The minimum Gasteiger partial charge on any atom is -0.398 e. The van der Waals surface area contributed by atoms with Crippen LogP contribution in [0.4, 0.5) is 11.4 Å². The van der Waals surface area contributed by atoms with Crippen molar-refractivity contribution in [3.8, 4) is 11.3 Å². The van der Waals surface area contributed by atoms with Gasteiger partial charge in [-0.15, -0.1) is 0 Å². The largest absolute Gasteiger partial charge is 0.398 e. The third-order valence-electron chi connectivity index (χ3n) is 2.61. The van der Waals surface area contributed by atoms with E-state index in [1.165, 1.54) is 0 Å². The summed E-state index contributed by atoms with van der Waals surface area (Å²) in [6.07, 6.45) is 2.61. The summed E-state index contributed by atoms with van der Waals surface area (Å²) in [5, 5.41) is 12.0. The second kappa shape index (κ2) is 5.41. The lowest BCUT2D eigenvalue weighted by molar-refractivity contribution is 0.292. The zero-order valence-corrected chi connectivity index (χ0v) is 9.61. The first-order valence-corrected chi connectivity index (χ1v) is 5.69. The van der Waals surface area contributed by atoms with E-state index in [2.05, 4.69) is 10.3 Å². The summed E-state index contributed by atoms with van der Waals surface area (Å²) in [6, 6.07) is 9.78. The average Bonchev–Trinajstić information content (AvgIpc) is 2.85. The molecule has 1 aromatic heterocycles. The molecule has 0 saturated heterocycles. The van der Waals surface area contributed by atoms with E-state index < -0.39 is 0 Å². The topological polar surface area (TPSA) is 74.1 Å². The Kier molecular flexibility index (Phi) is 3.67. The molecule has 1 heterocycles. The Morgan fingerprint density at radius 1 is 1.29 bits per heavy atom. The summed E-state index contributed by atoms with van der Waals surface area (Å²) >= 11 is 0. The standard InChI is InChI=1S/C13H17N3O/c14-12-5-4-10(15-7-2-8-17)9-11(12)13-3-1-6-16-13/h1,3-6,9,15-17H,2,7-8,14H2. The Morgan fingerprint density at radius 2 is 2.18 bits per heavy atom. The summed E-state index contributed by atoms with van der Waals surface area (Å²) in [7, 11) is 0. The zero-order valence-electron chi connectivity index (χ0n) is 9.61. The lowest BCUT2D eigenvalue weighted by Gasteiger charge is -2.09. The summed E-state index contributed by atoms with van der Waals surface area (Å²) in [6.45, 7) is 0.954. The fraction of sp³-hybridized carbons (Fsp3) is 0.231. The van der Waals surface area contributed by atoms with E-state index in [4.69, 9.17) is 10.8 Å². The highest BCUT2D eigenvalue weighted by Crippen LogP contribution is 2.27. The number of aliphatic hydroxyl groups excluding tert-OH is 1. The van der Waals surface area contributed by atoms with Crippen LogP contribution in [0, 0.1) is 0 Å². The summed E-state index contributed by atoms with van der Waals surface area (Å²) in [5.41, 5.74) is 9.71. The zero-order chi connectivity index (χ0) is 12.1. The molecule has 0 spiro atoms. The molecular weight excluding hydrogens is 214 g/mol. The quantitative estimate of drug-likeness (QED) is 0.470. The minimum absolute atomic E-state index is 0.200. The van der Waals surface area contributed by atoms with E-state index in [1.54, 1.807) is 0 Å². The van der Waals surface area contributed by atoms with Crippen LogP contribution in [-0.2, 0) is 0 Å². The summed E-state index contributed by atoms with van der Waals surface area (Å²) in [5.74, 6) is 0. The molecule has 0 aliphatic heterocycles. The molecule has 0 radical (unpaired) electrons. The molecule has 0 amide bonds. The van der Waals surface area contributed by atoms with Crippen LogP contribution in [0.3, 0.4) is 0 Å². The lowest BCUT2D eigenvalue weighted by Crippen LogP contribution is -2.03. The van der Waals surface area contributed by atoms with Gasteiger partial charge in [0.1, 0.15) is 0 Å². The normalized spacial score (nSPS) is 10.4. The third kappa shape index (κ3) is 2.79. The van der Waals surface area contributed by atoms with Crippen molar-refractivity contribution in [1.82, 2.24) is 4.98 Å². The van der Waals surface area contributed by atoms with Gasteiger partial charge >= 0.3 is 0 Å². The van der Waals surface area contributed by atoms with Crippen LogP contribution >= 0.6 is 0 Å². The van der Waals surface area contributed by atoms with E-state index in [0.717, 1.165) is 35.6 Å². The van der Waals surface area contributed by atoms with Crippen LogP contribution in [0.1, 0.15) is 6.42 Å². The van der Waals surface area contributed by atoms with Crippen molar-refractivity contribution in [2.75, 3.05) is 24.2 Å². The van der Waals surface area contributed by atoms with Gasteiger partial charge in [-0.1, -0.05) is 0 Å². The van der Waals surface area contributed by atoms with Gasteiger partial charge < -0.3 is 21.1 Å². The van der Waals surface area contributed by atoms with Crippen molar-refractivity contribution < 1.29 is 5.11 Å². The smallest absolute Gasteiger partial charge is 0.0475 e. The number of benzene rings is 1. The molecule has 5 N–H and O–H groups in total. The van der Waals surface area contributed by atoms with Crippen LogP contribution in [0.5, 0.6) is 0 Å². The van der Waals surface area contributed by atoms with Crippen molar-refractivity contribution >= 4 is 11.4 Å². The molecule has 2 aromatic rings. The fourth-order valence-corrected chi connectivity index (χ4v) is 1.71. The molecule has 0 aliphatic rings. The predicted molar refractivity (Wildman–Crippen MR) is 70.8 cm³/mol. The van der Waals surface area contributed by atoms with Crippen molar-refractivity contribution in [2.45, 2.75) is 6.42 Å². The number of anilines is 2. The number of H-pyrrole nitrogens is 1. The van der Waals surface area contributed by atoms with Crippen LogP contribution in [0.15, 0.2) is 36.5 Å². The number of aliphatic hydroxyl groups is 1. The lowest BCUT2D eigenvalue weighted by atomic mass is 10.1. The molecule has 0 saturated carbocycles. The van der Waals surface area contributed by atoms with Crippen LogP contribution < -0.4 is 11.1 Å². The monoisotopic (exact) mass is 231 g/mol. The third-order valence-corrected chi connectivity index (χ3v) is 2.61. The molecule has 17 heavy (non-hydrogen) atoms. The van der Waals surface area contributed by atoms with Crippen LogP contribution in [0.25, 0.3) is 11.3 Å². The number of nitrogens with one attached hydrogen (secondary N) is 2. The van der Waals surface area contributed by atoms with Crippen molar-refractivity contribution in [3.05, 3.63) is 36.5 Å². The molecule has 0 fully saturated rings. The van der Waals surface area contributed by atoms with Gasteiger partial charge in [-0.3, -0.25) is 0 Å². The number of rotatable bonds is 5. The Balaban J connectivity index is 2.18. The van der Waals surface area contributed by atoms with Crippen LogP contribution in [0.2, 0.25) is 0 Å². The van der Waals surface area contributed by atoms with Crippen LogP contribution in [-0.4, -0.2) is 23.2 Å². The first kappa shape index (κ1) is 11.5. The number of hydrogen-bond donors (Lipinski definition) is 4. The van der Waals surface area contributed by atoms with Gasteiger partial charge in [0.05, 0.1) is 0 Å². The maximum absolute atomic E-state index is 8.73. The number of aromatic nitrogens is 1. The van der Waals surface area contributed by atoms with Gasteiger partial charge in [-0.25, -0.2) is 0 Å². The van der Waals surface area contributed by atoms with Gasteiger partial charge in [0.25, 0.3) is 0 Å². The van der Waals surface area contributed by atoms with Crippen molar-refractivity contribution in [1.29, 1.82) is 0 Å². The highest BCUT2D eigenvalue weighted by molar-refractivity contribution is 5.77. The molecule has 0 unspecified atom stereocenters. The van der Waals surface area contributed by atoms with Gasteiger partial charge in [-0.2, -0.15) is 0 Å². The SMILES string of the molecule is Nc1ccc(NCCCO)cc1-c1ccc[nH]1. The summed E-state index contributed by atoms with van der Waals surface area (Å²) in [4.78, 5) is 3.14. The summed E-state index contributed by atoms with van der Waals surface area (Å²) < 4.78 is 0. The average molecular weight is 231 g/mol. The van der Waals surface area contributed by atoms with E-state index in [1.807, 2.05) is 36.5 Å². The molecule has 4 heteroatoms. The number of aromatic amines is 1. The van der Waals surface area contributed by atoms with E-state index in [0.29, 0.717) is 0 Å². The molecule has 4 nitrogen and oxygen atoms in total. The van der Waals surface area contributed by atoms with Crippen molar-refractivity contribution in [3.63, 3.8) is 0 Å². The second-order valence-corrected chi connectivity index (χ2v) is 3.89. The Hall–Kier alpha value is -1.94. The predicted octanol–water partition coefficient (Wildman–Crippen LogP) is 2.06. The Morgan fingerprint density at radius 3 is 2.88 bits per heavy atom. The minimum atomic E-state index is 0.200.